The van der Waals surface area contributed by atoms with Gasteiger partial charge in [0.2, 0.25) is 0 Å². The van der Waals surface area contributed by atoms with Gasteiger partial charge in [0.1, 0.15) is 5.60 Å². The topological polar surface area (TPSA) is 40.5 Å². The summed E-state index contributed by atoms with van der Waals surface area (Å²) < 4.78 is 0. The number of aliphatic hydroxyl groups is 2. The Morgan fingerprint density at radius 1 is 1.38 bits per heavy atom. The van der Waals surface area contributed by atoms with Gasteiger partial charge in [-0.2, -0.15) is 0 Å². The van der Waals surface area contributed by atoms with Gasteiger partial charge in [0, 0.05) is 11.8 Å². The normalized spacial score (nSPS) is 42.6. The average Bonchev–Trinajstić information content (AvgIpc) is 2.92. The number of rotatable bonds is 3. The fraction of sp³-hybridized carbons (Fsp3) is 0.737. The molecule has 0 radical (unpaired) electrons. The zero-order valence-electron chi connectivity index (χ0n) is 13.9. The summed E-state index contributed by atoms with van der Waals surface area (Å²) in [6, 6.07) is 0. The van der Waals surface area contributed by atoms with Crippen LogP contribution in [0.4, 0.5) is 0 Å². The van der Waals surface area contributed by atoms with Gasteiger partial charge in [0.15, 0.2) is 0 Å². The third-order valence-electron chi connectivity index (χ3n) is 6.01. The minimum Gasteiger partial charge on any atom is -0.392 e. The highest BCUT2D eigenvalue weighted by Crippen LogP contribution is 2.70. The lowest BCUT2D eigenvalue weighted by Crippen LogP contribution is -2.53. The molecule has 2 aliphatic rings. The van der Waals surface area contributed by atoms with Crippen molar-refractivity contribution in [3.05, 3.63) is 18.4 Å². The lowest BCUT2D eigenvalue weighted by molar-refractivity contribution is -0.104. The number of aliphatic hydroxyl groups excluding tert-OH is 1. The summed E-state index contributed by atoms with van der Waals surface area (Å²) in [4.78, 5) is 0. The van der Waals surface area contributed by atoms with Crippen LogP contribution in [0, 0.1) is 46.8 Å². The van der Waals surface area contributed by atoms with Gasteiger partial charge in [-0.15, -0.1) is 11.7 Å². The molecule has 2 heteroatoms. The molecule has 0 amide bonds. The van der Waals surface area contributed by atoms with Crippen LogP contribution in [0.3, 0.4) is 0 Å². The van der Waals surface area contributed by atoms with Crippen molar-refractivity contribution in [2.24, 2.45) is 35.0 Å². The van der Waals surface area contributed by atoms with Gasteiger partial charge in [-0.3, -0.25) is 0 Å². The molecule has 0 bridgehead atoms. The van der Waals surface area contributed by atoms with Crippen LogP contribution in [0.25, 0.3) is 0 Å². The van der Waals surface area contributed by atoms with Crippen molar-refractivity contribution in [2.75, 3.05) is 0 Å². The molecule has 0 unspecified atom stereocenters. The highest BCUT2D eigenvalue weighted by molar-refractivity contribution is 5.27. The Balaban J connectivity index is 2.43. The van der Waals surface area contributed by atoms with Crippen LogP contribution in [0.5, 0.6) is 0 Å². The van der Waals surface area contributed by atoms with E-state index in [1.54, 1.807) is 13.0 Å². The molecular weight excluding hydrogens is 260 g/mol. The van der Waals surface area contributed by atoms with E-state index in [9.17, 15) is 10.2 Å². The van der Waals surface area contributed by atoms with Crippen LogP contribution in [0.1, 0.15) is 41.0 Å². The predicted molar refractivity (Wildman–Crippen MR) is 85.3 cm³/mol. The summed E-state index contributed by atoms with van der Waals surface area (Å²) in [5.74, 6) is 6.59. The van der Waals surface area contributed by atoms with Crippen LogP contribution < -0.4 is 0 Å². The molecule has 2 rings (SSSR count). The Bertz CT molecular complexity index is 517. The Morgan fingerprint density at radius 2 is 2.00 bits per heavy atom. The van der Waals surface area contributed by atoms with Crippen molar-refractivity contribution in [1.82, 2.24) is 0 Å². The zero-order valence-corrected chi connectivity index (χ0v) is 13.9. The first-order valence-corrected chi connectivity index (χ1v) is 7.92. The van der Waals surface area contributed by atoms with Crippen molar-refractivity contribution in [1.29, 1.82) is 0 Å². The molecule has 0 aromatic rings. The second kappa shape index (κ2) is 5.33. The molecule has 2 aliphatic carbocycles. The summed E-state index contributed by atoms with van der Waals surface area (Å²) in [5, 5.41) is 22.1. The average molecular weight is 288 g/mol. The van der Waals surface area contributed by atoms with E-state index in [1.807, 2.05) is 6.92 Å². The smallest absolute Gasteiger partial charge is 0.133 e. The van der Waals surface area contributed by atoms with Gasteiger partial charge in [-0.1, -0.05) is 40.2 Å². The Labute approximate surface area is 129 Å². The molecule has 0 saturated heterocycles. The SMILES string of the molecule is C=C=C[C@@H](C)[C@@H](O)[C@H]1[C@H]2[C@@H](C[C@@H](C)[C@]1(O)C#CC)C2(C)C. The molecule has 0 aliphatic heterocycles. The van der Waals surface area contributed by atoms with Gasteiger partial charge in [0.05, 0.1) is 6.10 Å². The molecular formula is C19H28O2. The molecule has 0 aromatic carbocycles. The van der Waals surface area contributed by atoms with Crippen LogP contribution in [0.2, 0.25) is 0 Å². The third kappa shape index (κ3) is 2.38. The quantitative estimate of drug-likeness (QED) is 0.619. The molecule has 116 valence electrons. The number of hydrogen-bond donors (Lipinski definition) is 2. The Kier molecular flexibility index (Phi) is 4.15. The van der Waals surface area contributed by atoms with E-state index in [1.165, 1.54) is 0 Å². The number of hydrogen-bond acceptors (Lipinski definition) is 2. The first-order valence-electron chi connectivity index (χ1n) is 7.92. The van der Waals surface area contributed by atoms with Crippen LogP contribution in [-0.2, 0) is 0 Å². The Hall–Kier alpha value is -1.00. The molecule has 2 nitrogen and oxygen atoms in total. The minimum atomic E-state index is -1.10. The van der Waals surface area contributed by atoms with Crippen LogP contribution >= 0.6 is 0 Å². The maximum Gasteiger partial charge on any atom is 0.133 e. The van der Waals surface area contributed by atoms with Gasteiger partial charge in [-0.25, -0.2) is 0 Å². The molecule has 2 saturated carbocycles. The zero-order chi connectivity index (χ0) is 16.0. The van der Waals surface area contributed by atoms with Crippen LogP contribution in [-0.4, -0.2) is 21.9 Å². The molecule has 0 spiro atoms. The molecule has 7 atom stereocenters. The van der Waals surface area contributed by atoms with E-state index in [4.69, 9.17) is 0 Å². The predicted octanol–water partition coefficient (Wildman–Crippen LogP) is 3.01. The summed E-state index contributed by atoms with van der Waals surface area (Å²) >= 11 is 0. The largest absolute Gasteiger partial charge is 0.392 e. The number of fused-ring (bicyclic) bond motifs is 1. The summed E-state index contributed by atoms with van der Waals surface area (Å²) in [5.41, 5.74) is 1.83. The maximum atomic E-state index is 11.2. The van der Waals surface area contributed by atoms with Crippen molar-refractivity contribution in [3.63, 3.8) is 0 Å². The third-order valence-corrected chi connectivity index (χ3v) is 6.01. The van der Waals surface area contributed by atoms with Crippen molar-refractivity contribution >= 4 is 0 Å². The second-order valence-electron chi connectivity index (χ2n) is 7.54. The van der Waals surface area contributed by atoms with E-state index in [2.05, 4.69) is 44.9 Å². The highest BCUT2D eigenvalue weighted by atomic mass is 16.3. The molecule has 21 heavy (non-hydrogen) atoms. The standard InChI is InChI=1S/C19H28O2/c1-7-9-12(3)17(20)16-15-14(18(15,5)6)11-13(4)19(16,21)10-8-2/h9,12-17,20-21H,1,11H2,2-6H3/t12-,13-,14-,15-,16-,17-,19-/m1/s1. The first-order chi connectivity index (χ1) is 9.71. The summed E-state index contributed by atoms with van der Waals surface area (Å²) in [6.45, 7) is 13.8. The van der Waals surface area contributed by atoms with Gasteiger partial charge in [-0.05, 0) is 42.6 Å². The maximum absolute atomic E-state index is 11.2. The van der Waals surface area contributed by atoms with E-state index in [0.29, 0.717) is 11.8 Å². The minimum absolute atomic E-state index is 0.0764. The highest BCUT2D eigenvalue weighted by Gasteiger charge is 2.70. The summed E-state index contributed by atoms with van der Waals surface area (Å²) in [7, 11) is 0. The molecule has 0 heterocycles. The van der Waals surface area contributed by atoms with E-state index in [0.717, 1.165) is 6.42 Å². The first kappa shape index (κ1) is 16.4. The summed E-state index contributed by atoms with van der Waals surface area (Å²) in [6.07, 6.45) is 2.15. The van der Waals surface area contributed by atoms with Crippen LogP contribution in [0.15, 0.2) is 18.4 Å². The lowest BCUT2D eigenvalue weighted by Gasteiger charge is -2.44. The van der Waals surface area contributed by atoms with Crippen molar-refractivity contribution in [3.8, 4) is 11.8 Å². The molecule has 2 fully saturated rings. The molecule has 2 N–H and O–H groups in total. The fourth-order valence-electron chi connectivity index (χ4n) is 4.60. The van der Waals surface area contributed by atoms with E-state index >= 15 is 0 Å². The molecule has 0 aromatic heterocycles. The van der Waals surface area contributed by atoms with Gasteiger partial charge < -0.3 is 10.2 Å². The van der Waals surface area contributed by atoms with Crippen molar-refractivity contribution < 1.29 is 10.2 Å². The van der Waals surface area contributed by atoms with Gasteiger partial charge in [0.25, 0.3) is 0 Å². The fourth-order valence-corrected chi connectivity index (χ4v) is 4.60. The van der Waals surface area contributed by atoms with Gasteiger partial charge >= 0.3 is 0 Å². The van der Waals surface area contributed by atoms with E-state index in [-0.39, 0.29) is 23.2 Å². The Morgan fingerprint density at radius 3 is 2.52 bits per heavy atom. The lowest BCUT2D eigenvalue weighted by atomic mass is 9.65. The second-order valence-corrected chi connectivity index (χ2v) is 7.54. The van der Waals surface area contributed by atoms with E-state index < -0.39 is 11.7 Å². The monoisotopic (exact) mass is 288 g/mol. The van der Waals surface area contributed by atoms with Crippen molar-refractivity contribution in [2.45, 2.75) is 52.7 Å².